The minimum absolute atomic E-state index is 0.217. The number of piperidine rings is 1. The van der Waals surface area contributed by atoms with E-state index in [0.717, 1.165) is 88.6 Å². The maximum atomic E-state index is 9.87. The molecule has 5 aromatic heterocycles. The number of pyridine rings is 3. The lowest BCUT2D eigenvalue weighted by Crippen LogP contribution is -2.32. The van der Waals surface area contributed by atoms with Gasteiger partial charge in [-0.25, -0.2) is 14.4 Å². The van der Waals surface area contributed by atoms with Gasteiger partial charge in [0.25, 0.3) is 12.0 Å². The van der Waals surface area contributed by atoms with Gasteiger partial charge < -0.3 is 5.11 Å². The molecule has 1 aliphatic heterocycles. The minimum atomic E-state index is 0.217. The Labute approximate surface area is 288 Å². The highest BCUT2D eigenvalue weighted by Gasteiger charge is 2.25. The van der Waals surface area contributed by atoms with Crippen LogP contribution in [0.1, 0.15) is 30.1 Å². The smallest absolute Gasteiger partial charge is 0.280 e. The topological polar surface area (TPSA) is 113 Å². The van der Waals surface area contributed by atoms with E-state index in [1.165, 1.54) is 5.56 Å². The second-order valence-electron chi connectivity index (χ2n) is 12.8. The molecule has 9 rings (SSSR count). The van der Waals surface area contributed by atoms with Crippen LogP contribution >= 0.6 is 0 Å². The Kier molecular flexibility index (Phi) is 7.55. The second kappa shape index (κ2) is 12.6. The van der Waals surface area contributed by atoms with Gasteiger partial charge in [-0.15, -0.1) is 0 Å². The Morgan fingerprint density at radius 3 is 2.40 bits per heavy atom. The molecule has 2 N–H and O–H groups in total. The van der Waals surface area contributed by atoms with E-state index >= 15 is 0 Å². The van der Waals surface area contributed by atoms with Gasteiger partial charge in [0.05, 0.1) is 22.8 Å². The Bertz CT molecular complexity index is 2410. The molecule has 0 atom stereocenters. The predicted octanol–water partition coefficient (Wildman–Crippen LogP) is 6.76. The number of benzene rings is 3. The van der Waals surface area contributed by atoms with E-state index in [0.29, 0.717) is 11.7 Å². The molecule has 10 heteroatoms. The van der Waals surface area contributed by atoms with Crippen LogP contribution in [-0.4, -0.2) is 58.0 Å². The fourth-order valence-electron chi connectivity index (χ4n) is 6.97. The Morgan fingerprint density at radius 1 is 0.820 bits per heavy atom. The van der Waals surface area contributed by atoms with Crippen LogP contribution in [0.5, 0.6) is 5.75 Å². The predicted molar refractivity (Wildman–Crippen MR) is 191 cm³/mol. The van der Waals surface area contributed by atoms with Gasteiger partial charge >= 0.3 is 0 Å². The first kappa shape index (κ1) is 29.8. The second-order valence-corrected chi connectivity index (χ2v) is 12.8. The number of fused-ring (bicyclic) bond motifs is 3. The molecule has 1 saturated heterocycles. The lowest BCUT2D eigenvalue weighted by Gasteiger charge is -2.31. The molecule has 10 nitrogen and oxygen atoms in total. The number of phenolic OH excluding ortho intramolecular Hbond substituents is 1. The summed E-state index contributed by atoms with van der Waals surface area (Å²) in [6.07, 6.45) is 7.63. The fraction of sp³-hybridized carbons (Fsp3) is 0.150. The number of phenols is 1. The molecule has 0 amide bonds. The van der Waals surface area contributed by atoms with E-state index in [1.807, 2.05) is 57.7 Å². The monoisotopic (exact) mass is 656 g/mol. The molecule has 8 aromatic rings. The molecule has 0 aliphatic carbocycles. The molecule has 1 aliphatic rings. The van der Waals surface area contributed by atoms with Crippen LogP contribution in [0.4, 0.5) is 0 Å². The van der Waals surface area contributed by atoms with Gasteiger partial charge in [-0.1, -0.05) is 65.3 Å². The van der Waals surface area contributed by atoms with E-state index in [-0.39, 0.29) is 5.75 Å². The van der Waals surface area contributed by atoms with Gasteiger partial charge in [-0.05, 0) is 85.6 Å². The van der Waals surface area contributed by atoms with Crippen molar-refractivity contribution >= 4 is 16.6 Å². The summed E-state index contributed by atoms with van der Waals surface area (Å²) in [6.45, 7) is 2.91. The number of hydrogen-bond acceptors (Lipinski definition) is 7. The summed E-state index contributed by atoms with van der Waals surface area (Å²) in [4.78, 5) is 16.9. The highest BCUT2D eigenvalue weighted by atomic mass is 16.3. The van der Waals surface area contributed by atoms with Crippen molar-refractivity contribution in [2.75, 3.05) is 13.1 Å². The van der Waals surface area contributed by atoms with Crippen LogP contribution in [0.2, 0.25) is 0 Å². The number of nitrogens with one attached hydrogen (secondary N) is 1. The minimum Gasteiger partial charge on any atom is -0.508 e. The normalized spacial score (nSPS) is 14.1. The van der Waals surface area contributed by atoms with Crippen LogP contribution in [0.3, 0.4) is 0 Å². The Hall–Kier alpha value is -6.26. The van der Waals surface area contributed by atoms with Crippen LogP contribution < -0.4 is 4.40 Å². The summed E-state index contributed by atoms with van der Waals surface area (Å²) in [5.41, 5.74) is 8.87. The summed E-state index contributed by atoms with van der Waals surface area (Å²) >= 11 is 0. The molecule has 244 valence electrons. The zero-order valence-electron chi connectivity index (χ0n) is 27.3. The van der Waals surface area contributed by atoms with Crippen molar-refractivity contribution in [3.63, 3.8) is 0 Å². The van der Waals surface area contributed by atoms with Crippen LogP contribution in [0, 0.1) is 0 Å². The van der Waals surface area contributed by atoms with E-state index in [2.05, 4.69) is 79.8 Å². The van der Waals surface area contributed by atoms with Crippen molar-refractivity contribution < 1.29 is 9.51 Å². The number of rotatable bonds is 7. The lowest BCUT2D eigenvalue weighted by atomic mass is 9.95. The molecule has 0 unspecified atom stereocenters. The fourth-order valence-corrected chi connectivity index (χ4v) is 6.97. The first-order chi connectivity index (χ1) is 24.7. The third kappa shape index (κ3) is 5.65. The molecule has 6 heterocycles. The largest absolute Gasteiger partial charge is 0.508 e. The SMILES string of the molecule is Oc1ccc(-n2nc[n+]3ccc4nc(-c5ccc(CN6CCC(c7nc(-c8ccccn8)n[nH]7)CC6)cc5)c(-c5ccccc5)cc4c23)cc1. The zero-order valence-corrected chi connectivity index (χ0v) is 27.3. The Balaban J connectivity index is 0.978. The molecule has 0 saturated carbocycles. The van der Waals surface area contributed by atoms with Crippen molar-refractivity contribution in [3.05, 3.63) is 139 Å². The third-order valence-corrected chi connectivity index (χ3v) is 9.61. The van der Waals surface area contributed by atoms with Crippen LogP contribution in [-0.2, 0) is 6.54 Å². The molecule has 0 bridgehead atoms. The average Bonchev–Trinajstić information content (AvgIpc) is 3.85. The van der Waals surface area contributed by atoms with Crippen molar-refractivity contribution in [1.82, 2.24) is 39.8 Å². The van der Waals surface area contributed by atoms with Gasteiger partial charge in [0.1, 0.15) is 23.0 Å². The van der Waals surface area contributed by atoms with Gasteiger partial charge in [-0.2, -0.15) is 5.10 Å². The molecular formula is C40H34N9O+. The van der Waals surface area contributed by atoms with E-state index in [9.17, 15) is 5.11 Å². The molecule has 1 fully saturated rings. The first-order valence-corrected chi connectivity index (χ1v) is 16.9. The summed E-state index contributed by atoms with van der Waals surface area (Å²) in [7, 11) is 0. The van der Waals surface area contributed by atoms with E-state index < -0.39 is 0 Å². The maximum absolute atomic E-state index is 9.87. The standard InChI is InChI=1S/C40H33N9O/c50-32-15-13-31(14-16-32)49-40-34-24-33(28-6-2-1-3-7-28)37(43-35(34)19-23-48(40)26-42-49)29-11-9-27(10-12-29)25-47-21-17-30(18-22-47)38-44-39(46-45-38)36-8-4-5-20-41-36/h1-16,19-20,23-24,26,30H,17-18,21-22,25H2,(H-,41,44,45,46,50)/p+1. The molecule has 3 aromatic carbocycles. The maximum Gasteiger partial charge on any atom is 0.280 e. The number of aromatic nitrogens is 8. The lowest BCUT2D eigenvalue weighted by molar-refractivity contribution is -0.511. The third-order valence-electron chi connectivity index (χ3n) is 9.61. The molecular weight excluding hydrogens is 623 g/mol. The summed E-state index contributed by atoms with van der Waals surface area (Å²) < 4.78 is 3.90. The molecule has 0 spiro atoms. The number of nitrogens with zero attached hydrogens (tertiary/aromatic N) is 8. The van der Waals surface area contributed by atoms with Gasteiger partial charge in [0.2, 0.25) is 0 Å². The highest BCUT2D eigenvalue weighted by Crippen LogP contribution is 2.35. The summed E-state index contributed by atoms with van der Waals surface area (Å²) in [6, 6.07) is 36.4. The van der Waals surface area contributed by atoms with E-state index in [1.54, 1.807) is 24.7 Å². The van der Waals surface area contributed by atoms with Crippen molar-refractivity contribution in [1.29, 1.82) is 0 Å². The van der Waals surface area contributed by atoms with Crippen molar-refractivity contribution in [3.8, 4) is 45.3 Å². The van der Waals surface area contributed by atoms with Crippen molar-refractivity contribution in [2.45, 2.75) is 25.3 Å². The zero-order chi connectivity index (χ0) is 33.4. The van der Waals surface area contributed by atoms with Crippen molar-refractivity contribution in [2.24, 2.45) is 0 Å². The number of aromatic amines is 1. The Morgan fingerprint density at radius 2 is 1.62 bits per heavy atom. The van der Waals surface area contributed by atoms with E-state index in [4.69, 9.17) is 9.97 Å². The van der Waals surface area contributed by atoms with Gasteiger partial charge in [0.15, 0.2) is 5.82 Å². The molecule has 50 heavy (non-hydrogen) atoms. The van der Waals surface area contributed by atoms with Crippen LogP contribution in [0.15, 0.2) is 128 Å². The first-order valence-electron chi connectivity index (χ1n) is 16.9. The highest BCUT2D eigenvalue weighted by molar-refractivity contribution is 5.97. The summed E-state index contributed by atoms with van der Waals surface area (Å²) in [5.74, 6) is 2.20. The average molecular weight is 657 g/mol. The number of H-pyrrole nitrogens is 1. The molecule has 0 radical (unpaired) electrons. The van der Waals surface area contributed by atoms with Crippen LogP contribution in [0.25, 0.3) is 56.1 Å². The number of likely N-dealkylation sites (tertiary alicyclic amines) is 1. The van der Waals surface area contributed by atoms with Gasteiger partial charge in [-0.3, -0.25) is 15.0 Å². The van der Waals surface area contributed by atoms with Gasteiger partial charge in [0, 0.05) is 34.9 Å². The number of aromatic hydroxyl groups is 1. The number of hydrogen-bond donors (Lipinski definition) is 2. The summed E-state index contributed by atoms with van der Waals surface area (Å²) in [5, 5.41) is 23.1. The quantitative estimate of drug-likeness (QED) is 0.182.